The Morgan fingerprint density at radius 3 is 2.77 bits per heavy atom. The van der Waals surface area contributed by atoms with Crippen LogP contribution < -0.4 is 10.6 Å². The van der Waals surface area contributed by atoms with Gasteiger partial charge < -0.3 is 15.6 Å². The Bertz CT molecular complexity index is 804. The molecule has 0 saturated carbocycles. The summed E-state index contributed by atoms with van der Waals surface area (Å²) in [6, 6.07) is 7.28. The molecule has 2 heterocycles. The van der Waals surface area contributed by atoms with Gasteiger partial charge in [-0.15, -0.1) is 0 Å². The molecule has 0 bridgehead atoms. The number of hydrogen-bond acceptors (Lipinski definition) is 3. The zero-order chi connectivity index (χ0) is 18.7. The van der Waals surface area contributed by atoms with Gasteiger partial charge in [-0.25, -0.2) is 0 Å². The zero-order valence-electron chi connectivity index (χ0n) is 15.1. The van der Waals surface area contributed by atoms with Crippen LogP contribution in [0, 0.1) is 0 Å². The number of nitrogens with one attached hydrogen (secondary N) is 3. The highest BCUT2D eigenvalue weighted by molar-refractivity contribution is 6.38. The standard InChI is InChI=1S/C19H25ClN4O2/c1-3-9-24-11-12(10-15(24)18(25)21-4-2)22-19(26)17-16(20)13-7-5-6-8-14(13)23-17/h5-8,12,15,23H,3-4,9-11H2,1-2H3,(H,21,25)(H,22,26)/t12-,15-/m0/s1. The summed E-state index contributed by atoms with van der Waals surface area (Å²) < 4.78 is 0. The van der Waals surface area contributed by atoms with Crippen LogP contribution in [0.2, 0.25) is 5.02 Å². The van der Waals surface area contributed by atoms with Crippen LogP contribution in [0.15, 0.2) is 24.3 Å². The molecule has 140 valence electrons. The summed E-state index contributed by atoms with van der Waals surface area (Å²) in [5.74, 6) is -0.203. The maximum Gasteiger partial charge on any atom is 0.269 e. The monoisotopic (exact) mass is 376 g/mol. The number of likely N-dealkylation sites (N-methyl/N-ethyl adjacent to an activating group) is 1. The average molecular weight is 377 g/mol. The highest BCUT2D eigenvalue weighted by atomic mass is 35.5. The molecule has 2 aromatic rings. The molecule has 1 aliphatic heterocycles. The summed E-state index contributed by atoms with van der Waals surface area (Å²) in [7, 11) is 0. The van der Waals surface area contributed by atoms with Gasteiger partial charge in [-0.3, -0.25) is 14.5 Å². The van der Waals surface area contributed by atoms with E-state index in [9.17, 15) is 9.59 Å². The minimum atomic E-state index is -0.232. The van der Waals surface area contributed by atoms with E-state index in [-0.39, 0.29) is 23.9 Å². The SMILES string of the molecule is CCCN1C[C@@H](NC(=O)c2[nH]c3ccccc3c2Cl)C[C@H]1C(=O)NCC. The van der Waals surface area contributed by atoms with Gasteiger partial charge in [0.1, 0.15) is 5.69 Å². The molecule has 1 fully saturated rings. The molecule has 3 rings (SSSR count). The number of carbonyl (C=O) groups is 2. The number of fused-ring (bicyclic) bond motifs is 1. The lowest BCUT2D eigenvalue weighted by Gasteiger charge is -2.22. The summed E-state index contributed by atoms with van der Waals surface area (Å²) in [5.41, 5.74) is 1.21. The van der Waals surface area contributed by atoms with E-state index in [2.05, 4.69) is 27.4 Å². The normalized spacial score (nSPS) is 20.4. The maximum absolute atomic E-state index is 12.7. The van der Waals surface area contributed by atoms with E-state index in [0.29, 0.717) is 30.2 Å². The van der Waals surface area contributed by atoms with Crippen molar-refractivity contribution in [3.63, 3.8) is 0 Å². The topological polar surface area (TPSA) is 77.2 Å². The summed E-state index contributed by atoms with van der Waals surface area (Å²) in [6.07, 6.45) is 1.57. The Hall–Kier alpha value is -2.05. The van der Waals surface area contributed by atoms with Gasteiger partial charge in [-0.2, -0.15) is 0 Å². The molecule has 7 heteroatoms. The number of para-hydroxylation sites is 1. The Kier molecular flexibility index (Phi) is 5.84. The van der Waals surface area contributed by atoms with Crippen molar-refractivity contribution < 1.29 is 9.59 Å². The Balaban J connectivity index is 1.72. The van der Waals surface area contributed by atoms with Crippen LogP contribution >= 0.6 is 11.6 Å². The summed E-state index contributed by atoms with van der Waals surface area (Å²) >= 11 is 6.37. The molecule has 1 aromatic carbocycles. The number of halogens is 1. The summed E-state index contributed by atoms with van der Waals surface area (Å²) in [4.78, 5) is 30.3. The predicted octanol–water partition coefficient (Wildman–Crippen LogP) is 2.54. The molecule has 6 nitrogen and oxygen atoms in total. The van der Waals surface area contributed by atoms with Crippen LogP contribution in [0.1, 0.15) is 37.2 Å². The molecule has 0 aliphatic carbocycles. The fourth-order valence-corrected chi connectivity index (χ4v) is 3.93. The van der Waals surface area contributed by atoms with E-state index in [1.807, 2.05) is 31.2 Å². The lowest BCUT2D eigenvalue weighted by Crippen LogP contribution is -2.43. The molecule has 1 saturated heterocycles. The van der Waals surface area contributed by atoms with Gasteiger partial charge in [0, 0.05) is 30.0 Å². The number of hydrogen-bond donors (Lipinski definition) is 3. The molecule has 0 unspecified atom stereocenters. The molecule has 26 heavy (non-hydrogen) atoms. The van der Waals surface area contributed by atoms with Gasteiger partial charge in [0.15, 0.2) is 0 Å². The third-order valence-corrected chi connectivity index (χ3v) is 5.17. The number of benzene rings is 1. The summed E-state index contributed by atoms with van der Waals surface area (Å²) in [6.45, 7) is 6.11. The van der Waals surface area contributed by atoms with E-state index in [1.54, 1.807) is 0 Å². The molecule has 1 aromatic heterocycles. The van der Waals surface area contributed by atoms with E-state index in [0.717, 1.165) is 23.9 Å². The first kappa shape index (κ1) is 18.7. The molecule has 2 atom stereocenters. The largest absolute Gasteiger partial charge is 0.355 e. The number of H-pyrrole nitrogens is 1. The van der Waals surface area contributed by atoms with E-state index in [4.69, 9.17) is 11.6 Å². The number of amides is 2. The van der Waals surface area contributed by atoms with Crippen molar-refractivity contribution in [3.8, 4) is 0 Å². The predicted molar refractivity (Wildman–Crippen MR) is 104 cm³/mol. The van der Waals surface area contributed by atoms with Crippen LogP contribution in [0.4, 0.5) is 0 Å². The van der Waals surface area contributed by atoms with Crippen LogP contribution in [-0.2, 0) is 4.79 Å². The number of likely N-dealkylation sites (tertiary alicyclic amines) is 1. The fourth-order valence-electron chi connectivity index (χ4n) is 3.63. The first-order chi connectivity index (χ1) is 12.5. The van der Waals surface area contributed by atoms with Gasteiger partial charge in [-0.1, -0.05) is 36.7 Å². The van der Waals surface area contributed by atoms with Crippen molar-refractivity contribution in [2.24, 2.45) is 0 Å². The first-order valence-corrected chi connectivity index (χ1v) is 9.51. The lowest BCUT2D eigenvalue weighted by atomic mass is 10.1. The maximum atomic E-state index is 12.7. The van der Waals surface area contributed by atoms with Gasteiger partial charge >= 0.3 is 0 Å². The second kappa shape index (κ2) is 8.10. The van der Waals surface area contributed by atoms with E-state index in [1.165, 1.54) is 0 Å². The van der Waals surface area contributed by atoms with Crippen molar-refractivity contribution in [2.75, 3.05) is 19.6 Å². The molecule has 0 radical (unpaired) electrons. The van der Waals surface area contributed by atoms with Gasteiger partial charge in [0.05, 0.1) is 11.1 Å². The van der Waals surface area contributed by atoms with E-state index >= 15 is 0 Å². The molecule has 0 spiro atoms. The van der Waals surface area contributed by atoms with E-state index < -0.39 is 0 Å². The van der Waals surface area contributed by atoms with Crippen molar-refractivity contribution in [2.45, 2.75) is 38.8 Å². The number of rotatable bonds is 6. The Morgan fingerprint density at radius 2 is 2.08 bits per heavy atom. The average Bonchev–Trinajstić information content (AvgIpc) is 3.17. The highest BCUT2D eigenvalue weighted by Crippen LogP contribution is 2.27. The minimum absolute atomic E-state index is 0.0290. The summed E-state index contributed by atoms with van der Waals surface area (Å²) in [5, 5.41) is 7.19. The molecule has 3 N–H and O–H groups in total. The quantitative estimate of drug-likeness (QED) is 0.725. The lowest BCUT2D eigenvalue weighted by molar-refractivity contribution is -0.125. The molecule has 1 aliphatic rings. The molecular weight excluding hydrogens is 352 g/mol. The number of aromatic nitrogens is 1. The van der Waals surface area contributed by atoms with Crippen LogP contribution in [0.5, 0.6) is 0 Å². The van der Waals surface area contributed by atoms with Gasteiger partial charge in [0.25, 0.3) is 5.91 Å². The Labute approximate surface area is 158 Å². The number of nitrogens with zero attached hydrogens (tertiary/aromatic N) is 1. The van der Waals surface area contributed by atoms with Crippen molar-refractivity contribution in [1.82, 2.24) is 20.5 Å². The van der Waals surface area contributed by atoms with Crippen molar-refractivity contribution in [3.05, 3.63) is 35.0 Å². The van der Waals surface area contributed by atoms with Crippen molar-refractivity contribution >= 4 is 34.3 Å². The Morgan fingerprint density at radius 1 is 1.31 bits per heavy atom. The molecule has 2 amide bonds. The fraction of sp³-hybridized carbons (Fsp3) is 0.474. The van der Waals surface area contributed by atoms with Crippen LogP contribution in [0.25, 0.3) is 10.9 Å². The van der Waals surface area contributed by atoms with Crippen molar-refractivity contribution in [1.29, 1.82) is 0 Å². The van der Waals surface area contributed by atoms with Crippen LogP contribution in [0.3, 0.4) is 0 Å². The number of aromatic amines is 1. The third-order valence-electron chi connectivity index (χ3n) is 4.77. The molecular formula is C19H25ClN4O2. The second-order valence-electron chi connectivity index (χ2n) is 6.67. The smallest absolute Gasteiger partial charge is 0.269 e. The minimum Gasteiger partial charge on any atom is -0.355 e. The second-order valence-corrected chi connectivity index (χ2v) is 7.05. The third kappa shape index (κ3) is 3.71. The van der Waals surface area contributed by atoms with Crippen LogP contribution in [-0.4, -0.2) is 53.4 Å². The highest BCUT2D eigenvalue weighted by Gasteiger charge is 2.37. The van der Waals surface area contributed by atoms with Gasteiger partial charge in [0.2, 0.25) is 5.91 Å². The zero-order valence-corrected chi connectivity index (χ0v) is 15.9. The number of carbonyl (C=O) groups excluding carboxylic acids is 2. The van der Waals surface area contributed by atoms with Gasteiger partial charge in [-0.05, 0) is 32.4 Å². The first-order valence-electron chi connectivity index (χ1n) is 9.14.